The summed E-state index contributed by atoms with van der Waals surface area (Å²) in [5, 5.41) is 6.50. The van der Waals surface area contributed by atoms with Gasteiger partial charge in [-0.2, -0.15) is 0 Å². The molecule has 0 aromatic rings. The van der Waals surface area contributed by atoms with Gasteiger partial charge in [0.2, 0.25) is 0 Å². The monoisotopic (exact) mass is 318 g/mol. The van der Waals surface area contributed by atoms with Crippen LogP contribution in [0.4, 0.5) is 0 Å². The summed E-state index contributed by atoms with van der Waals surface area (Å²) < 4.78 is 22.4. The van der Waals surface area contributed by atoms with Gasteiger partial charge in [-0.05, 0) is 31.6 Å². The van der Waals surface area contributed by atoms with Crippen molar-refractivity contribution in [3.05, 3.63) is 0 Å². The van der Waals surface area contributed by atoms with Crippen molar-refractivity contribution in [2.75, 3.05) is 0 Å². The molecule has 9 nitrogen and oxygen atoms in total. The molecule has 0 aromatic carbocycles. The van der Waals surface area contributed by atoms with E-state index in [1.165, 1.54) is 0 Å². The molecule has 11 heteroatoms. The lowest BCUT2D eigenvalue weighted by Crippen LogP contribution is -2.39. The zero-order valence-corrected chi connectivity index (χ0v) is 12.0. The van der Waals surface area contributed by atoms with Crippen molar-refractivity contribution in [3.63, 3.8) is 0 Å². The first-order valence-corrected chi connectivity index (χ1v) is 9.03. The third kappa shape index (κ3) is 3.85. The Hall–Kier alpha value is 0.180. The van der Waals surface area contributed by atoms with Crippen molar-refractivity contribution in [1.82, 2.24) is 5.43 Å². The normalized spacial score (nSPS) is 26.4. The summed E-state index contributed by atoms with van der Waals surface area (Å²) in [5.41, 5.74) is 2.58. The van der Waals surface area contributed by atoms with Crippen molar-refractivity contribution in [1.29, 1.82) is 0 Å². The zero-order chi connectivity index (χ0) is 14.9. The first kappa shape index (κ1) is 17.2. The van der Waals surface area contributed by atoms with Gasteiger partial charge in [-0.3, -0.25) is 20.4 Å². The molecule has 0 aliphatic heterocycles. The van der Waals surface area contributed by atoms with E-state index < -0.39 is 26.7 Å². The van der Waals surface area contributed by atoms with Crippen molar-refractivity contribution in [2.24, 2.45) is 11.8 Å². The molecule has 1 rings (SSSR count). The molecular weight excluding hydrogens is 298 g/mol. The molecule has 0 spiro atoms. The molecule has 0 aromatic heterocycles. The van der Waals surface area contributed by atoms with Crippen LogP contribution in [-0.2, 0) is 9.13 Å². The Labute approximate surface area is 110 Å². The van der Waals surface area contributed by atoms with Gasteiger partial charge in [0.05, 0.1) is 0 Å². The molecule has 1 aliphatic carbocycles. The quantitative estimate of drug-likeness (QED) is 0.198. The predicted molar refractivity (Wildman–Crippen MR) is 66.7 cm³/mol. The molecule has 0 radical (unpaired) electrons. The number of hydrogen-bond donors (Lipinski definition) is 7. The number of hydrazine groups is 1. The molecule has 0 saturated heterocycles. The van der Waals surface area contributed by atoms with E-state index in [9.17, 15) is 14.2 Å². The second-order valence-electron chi connectivity index (χ2n) is 4.95. The van der Waals surface area contributed by atoms with Crippen LogP contribution in [0.2, 0.25) is 0 Å². The smallest absolute Gasteiger partial charge is 0.368 e. The first-order chi connectivity index (χ1) is 8.51. The summed E-state index contributed by atoms with van der Waals surface area (Å²) in [4.78, 5) is 36.2. The Kier molecular flexibility index (Phi) is 5.34. The number of rotatable bonds is 5. The summed E-state index contributed by atoms with van der Waals surface area (Å²) >= 11 is 0. The minimum absolute atomic E-state index is 0.0782. The van der Waals surface area contributed by atoms with E-state index in [0.29, 0.717) is 25.7 Å². The fraction of sp³-hybridized carbons (Fsp3) is 1.00. The molecule has 114 valence electrons. The van der Waals surface area contributed by atoms with Gasteiger partial charge in [0.1, 0.15) is 0 Å². The Morgan fingerprint density at radius 3 is 1.79 bits per heavy atom. The Morgan fingerprint density at radius 2 is 1.47 bits per heavy atom. The van der Waals surface area contributed by atoms with Gasteiger partial charge in [-0.15, -0.1) is 0 Å². The van der Waals surface area contributed by atoms with Gasteiger partial charge >= 0.3 is 15.2 Å². The molecule has 0 unspecified atom stereocenters. The maximum Gasteiger partial charge on any atom is 0.369 e. The van der Waals surface area contributed by atoms with Gasteiger partial charge in [-0.25, -0.2) is 0 Å². The van der Waals surface area contributed by atoms with E-state index in [-0.39, 0.29) is 12.0 Å². The lowest BCUT2D eigenvalue weighted by molar-refractivity contribution is 0.0959. The second-order valence-corrected chi connectivity index (χ2v) is 8.96. The molecule has 8 N–H and O–H groups in total. The van der Waals surface area contributed by atoms with Gasteiger partial charge in [0.25, 0.3) is 5.08 Å². The molecule has 0 atom stereocenters. The predicted octanol–water partition coefficient (Wildman–Crippen LogP) is -0.600. The second kappa shape index (κ2) is 5.89. The number of nitrogens with one attached hydrogen (secondary N) is 1. The molecule has 0 bridgehead atoms. The molecule has 1 fully saturated rings. The van der Waals surface area contributed by atoms with Gasteiger partial charge in [0.15, 0.2) is 0 Å². The average molecular weight is 318 g/mol. The van der Waals surface area contributed by atoms with Crippen LogP contribution in [0.15, 0.2) is 0 Å². The Balaban J connectivity index is 2.82. The van der Waals surface area contributed by atoms with Crippen LogP contribution in [0.5, 0.6) is 0 Å². The third-order valence-electron chi connectivity index (χ3n) is 3.58. The lowest BCUT2D eigenvalue weighted by Gasteiger charge is -2.35. The van der Waals surface area contributed by atoms with Gasteiger partial charge < -0.3 is 24.7 Å². The summed E-state index contributed by atoms with van der Waals surface area (Å²) in [6.45, 7) is 0. The maximum atomic E-state index is 11.2. The Bertz CT molecular complexity index is 376. The first-order valence-electron chi connectivity index (χ1n) is 5.81. The maximum absolute atomic E-state index is 11.2. The number of hydrogen-bond acceptors (Lipinski definition) is 5. The van der Waals surface area contributed by atoms with Crippen LogP contribution in [0, 0.1) is 5.92 Å². The van der Waals surface area contributed by atoms with E-state index in [2.05, 4.69) is 5.43 Å². The van der Waals surface area contributed by atoms with Crippen molar-refractivity contribution in [3.8, 4) is 0 Å². The fourth-order valence-electron chi connectivity index (χ4n) is 2.33. The fourth-order valence-corrected chi connectivity index (χ4v) is 4.68. The minimum atomic E-state index is -5.35. The summed E-state index contributed by atoms with van der Waals surface area (Å²) in [5.74, 6) is 4.90. The SMILES string of the molecule is NNC1CCC(CC(O)(P(=O)(O)O)P(=O)(O)O)CC1. The largest absolute Gasteiger partial charge is 0.369 e. The summed E-state index contributed by atoms with van der Waals surface area (Å²) in [7, 11) is -10.7. The minimum Gasteiger partial charge on any atom is -0.368 e. The number of nitrogens with two attached hydrogens (primary N) is 1. The molecule has 0 heterocycles. The van der Waals surface area contributed by atoms with Crippen LogP contribution in [0.1, 0.15) is 32.1 Å². The van der Waals surface area contributed by atoms with E-state index in [1.54, 1.807) is 0 Å². The van der Waals surface area contributed by atoms with Crippen LogP contribution in [0.3, 0.4) is 0 Å². The zero-order valence-electron chi connectivity index (χ0n) is 10.2. The molecular formula is C8H20N2O7P2. The van der Waals surface area contributed by atoms with Crippen molar-refractivity contribution < 1.29 is 33.8 Å². The standard InChI is InChI=1S/C8H20N2O7P2/c9-10-7-3-1-6(2-4-7)5-8(11,18(12,13)14)19(15,16)17/h6-7,10-11H,1-5,9H2,(H2,12,13,14)(H2,15,16,17). The summed E-state index contributed by atoms with van der Waals surface area (Å²) in [6, 6.07) is 0.0782. The van der Waals surface area contributed by atoms with E-state index >= 15 is 0 Å². The lowest BCUT2D eigenvalue weighted by atomic mass is 9.84. The molecule has 1 aliphatic rings. The number of aliphatic hydroxyl groups is 1. The van der Waals surface area contributed by atoms with Gasteiger partial charge in [0, 0.05) is 12.5 Å². The van der Waals surface area contributed by atoms with E-state index in [0.717, 1.165) is 0 Å². The van der Waals surface area contributed by atoms with E-state index in [1.807, 2.05) is 0 Å². The summed E-state index contributed by atoms with van der Waals surface area (Å²) in [6.07, 6.45) is 1.59. The highest BCUT2D eigenvalue weighted by Gasteiger charge is 2.59. The highest BCUT2D eigenvalue weighted by Crippen LogP contribution is 2.70. The molecule has 1 saturated carbocycles. The van der Waals surface area contributed by atoms with Crippen LogP contribution < -0.4 is 11.3 Å². The van der Waals surface area contributed by atoms with Crippen LogP contribution in [-0.4, -0.2) is 35.8 Å². The van der Waals surface area contributed by atoms with Gasteiger partial charge in [-0.1, -0.05) is 0 Å². The molecule has 0 amide bonds. The van der Waals surface area contributed by atoms with Crippen molar-refractivity contribution >= 4 is 15.2 Å². The average Bonchev–Trinajstić information content (AvgIpc) is 2.27. The van der Waals surface area contributed by atoms with Crippen LogP contribution >= 0.6 is 15.2 Å². The third-order valence-corrected chi connectivity index (χ3v) is 7.37. The highest BCUT2D eigenvalue weighted by atomic mass is 31.2. The van der Waals surface area contributed by atoms with Crippen LogP contribution in [0.25, 0.3) is 0 Å². The highest BCUT2D eigenvalue weighted by molar-refractivity contribution is 7.72. The Morgan fingerprint density at radius 1 is 1.05 bits per heavy atom. The van der Waals surface area contributed by atoms with Crippen molar-refractivity contribution in [2.45, 2.75) is 43.2 Å². The topological polar surface area (TPSA) is 173 Å². The van der Waals surface area contributed by atoms with E-state index in [4.69, 9.17) is 25.4 Å². The molecule has 19 heavy (non-hydrogen) atoms.